The smallest absolute Gasteiger partial charge is 0.0112 e. The van der Waals surface area contributed by atoms with Gasteiger partial charge in [-0.3, -0.25) is 4.90 Å². The van der Waals surface area contributed by atoms with Gasteiger partial charge in [0, 0.05) is 31.7 Å². The molecule has 21 heavy (non-hydrogen) atoms. The molecule has 2 rings (SSSR count). The summed E-state index contributed by atoms with van der Waals surface area (Å²) in [6.07, 6.45) is 5.47. The molecular formula is C18H37N3. The van der Waals surface area contributed by atoms with E-state index in [1.165, 1.54) is 71.5 Å². The summed E-state index contributed by atoms with van der Waals surface area (Å²) in [5.74, 6) is 0.941. The Kier molecular flexibility index (Phi) is 6.97. The van der Waals surface area contributed by atoms with Crippen molar-refractivity contribution in [3.63, 3.8) is 0 Å². The Balaban J connectivity index is 1.71. The maximum Gasteiger partial charge on any atom is 0.0112 e. The molecule has 0 amide bonds. The summed E-state index contributed by atoms with van der Waals surface area (Å²) in [6.45, 7) is 18.5. The third-order valence-electron chi connectivity index (χ3n) is 5.73. The summed E-state index contributed by atoms with van der Waals surface area (Å²) in [5, 5.41) is 0. The van der Waals surface area contributed by atoms with Crippen LogP contribution in [0, 0.1) is 5.92 Å². The zero-order valence-corrected chi connectivity index (χ0v) is 14.9. The quantitative estimate of drug-likeness (QED) is 0.772. The molecule has 0 aliphatic carbocycles. The lowest BCUT2D eigenvalue weighted by atomic mass is 9.95. The van der Waals surface area contributed by atoms with E-state index >= 15 is 0 Å². The highest BCUT2D eigenvalue weighted by Crippen LogP contribution is 2.21. The molecular weight excluding hydrogens is 258 g/mol. The molecule has 2 aliphatic rings. The maximum absolute atomic E-state index is 2.74. The fourth-order valence-corrected chi connectivity index (χ4v) is 3.89. The lowest BCUT2D eigenvalue weighted by molar-refractivity contribution is 0.114. The fourth-order valence-electron chi connectivity index (χ4n) is 3.89. The molecule has 2 saturated heterocycles. The van der Waals surface area contributed by atoms with E-state index in [2.05, 4.69) is 42.4 Å². The van der Waals surface area contributed by atoms with Gasteiger partial charge in [-0.05, 0) is 78.6 Å². The Morgan fingerprint density at radius 2 is 1.57 bits per heavy atom. The van der Waals surface area contributed by atoms with Crippen LogP contribution in [0.15, 0.2) is 0 Å². The SMILES string of the molecule is CCC(C)N1CCC(CN2CCCN(C(C)C)CC2)CC1. The molecule has 1 atom stereocenters. The van der Waals surface area contributed by atoms with Gasteiger partial charge in [0.2, 0.25) is 0 Å². The molecule has 2 aliphatic heterocycles. The van der Waals surface area contributed by atoms with Gasteiger partial charge in [-0.15, -0.1) is 0 Å². The number of hydrogen-bond acceptors (Lipinski definition) is 3. The minimum Gasteiger partial charge on any atom is -0.302 e. The van der Waals surface area contributed by atoms with Crippen LogP contribution in [0.1, 0.15) is 53.4 Å². The van der Waals surface area contributed by atoms with E-state index in [0.29, 0.717) is 6.04 Å². The van der Waals surface area contributed by atoms with Crippen molar-refractivity contribution in [2.24, 2.45) is 5.92 Å². The van der Waals surface area contributed by atoms with Crippen molar-refractivity contribution < 1.29 is 0 Å². The van der Waals surface area contributed by atoms with Gasteiger partial charge in [0.25, 0.3) is 0 Å². The average molecular weight is 296 g/mol. The van der Waals surface area contributed by atoms with Crippen LogP contribution >= 0.6 is 0 Å². The highest BCUT2D eigenvalue weighted by molar-refractivity contribution is 4.79. The first-order chi connectivity index (χ1) is 10.1. The second-order valence-electron chi connectivity index (χ2n) is 7.52. The van der Waals surface area contributed by atoms with Gasteiger partial charge in [0.15, 0.2) is 0 Å². The molecule has 0 aromatic rings. The third-order valence-corrected chi connectivity index (χ3v) is 5.73. The van der Waals surface area contributed by atoms with Crippen LogP contribution in [-0.4, -0.2) is 72.6 Å². The van der Waals surface area contributed by atoms with E-state index in [-0.39, 0.29) is 0 Å². The maximum atomic E-state index is 2.74. The van der Waals surface area contributed by atoms with E-state index in [0.717, 1.165) is 12.0 Å². The number of piperidine rings is 1. The normalized spacial score (nSPS) is 26.1. The monoisotopic (exact) mass is 295 g/mol. The number of likely N-dealkylation sites (tertiary alicyclic amines) is 1. The van der Waals surface area contributed by atoms with Crippen LogP contribution in [0.5, 0.6) is 0 Å². The van der Waals surface area contributed by atoms with Crippen LogP contribution in [0.25, 0.3) is 0 Å². The van der Waals surface area contributed by atoms with Crippen LogP contribution in [0.3, 0.4) is 0 Å². The Bertz CT molecular complexity index is 284. The number of nitrogens with zero attached hydrogens (tertiary/aromatic N) is 3. The van der Waals surface area contributed by atoms with E-state index < -0.39 is 0 Å². The first-order valence-corrected chi connectivity index (χ1v) is 9.30. The van der Waals surface area contributed by atoms with Crippen molar-refractivity contribution >= 4 is 0 Å². The summed E-state index contributed by atoms with van der Waals surface area (Å²) >= 11 is 0. The molecule has 1 unspecified atom stereocenters. The van der Waals surface area contributed by atoms with Gasteiger partial charge in [0.1, 0.15) is 0 Å². The van der Waals surface area contributed by atoms with Gasteiger partial charge >= 0.3 is 0 Å². The summed E-state index contributed by atoms with van der Waals surface area (Å²) in [7, 11) is 0. The molecule has 2 heterocycles. The first-order valence-electron chi connectivity index (χ1n) is 9.30. The zero-order chi connectivity index (χ0) is 15.2. The Hall–Kier alpha value is -0.120. The minimum atomic E-state index is 0.712. The zero-order valence-electron chi connectivity index (χ0n) is 14.9. The Morgan fingerprint density at radius 3 is 2.19 bits per heavy atom. The lowest BCUT2D eigenvalue weighted by Crippen LogP contribution is -2.43. The lowest BCUT2D eigenvalue weighted by Gasteiger charge is -2.37. The molecule has 0 N–H and O–H groups in total. The largest absolute Gasteiger partial charge is 0.302 e. The molecule has 0 aromatic heterocycles. The standard InChI is InChI=1S/C18H37N3/c1-5-17(4)21-11-7-18(8-12-21)15-19-9-6-10-20(14-13-19)16(2)3/h16-18H,5-15H2,1-4H3. The van der Waals surface area contributed by atoms with E-state index in [1.807, 2.05) is 0 Å². The van der Waals surface area contributed by atoms with E-state index in [1.54, 1.807) is 0 Å². The highest BCUT2D eigenvalue weighted by atomic mass is 15.2. The molecule has 0 saturated carbocycles. The van der Waals surface area contributed by atoms with Crippen LogP contribution in [0.4, 0.5) is 0 Å². The Labute approximate surface area is 132 Å². The minimum absolute atomic E-state index is 0.712. The van der Waals surface area contributed by atoms with E-state index in [4.69, 9.17) is 0 Å². The van der Waals surface area contributed by atoms with Gasteiger partial charge in [-0.1, -0.05) is 6.92 Å². The summed E-state index contributed by atoms with van der Waals surface area (Å²) < 4.78 is 0. The molecule has 0 radical (unpaired) electrons. The van der Waals surface area contributed by atoms with Crippen molar-refractivity contribution in [3.05, 3.63) is 0 Å². The molecule has 0 aromatic carbocycles. The number of rotatable bonds is 5. The summed E-state index contributed by atoms with van der Waals surface area (Å²) in [4.78, 5) is 8.08. The third kappa shape index (κ3) is 5.22. The van der Waals surface area contributed by atoms with Crippen LogP contribution in [0.2, 0.25) is 0 Å². The van der Waals surface area contributed by atoms with Gasteiger partial charge < -0.3 is 9.80 Å². The van der Waals surface area contributed by atoms with Gasteiger partial charge in [-0.2, -0.15) is 0 Å². The van der Waals surface area contributed by atoms with Gasteiger partial charge in [-0.25, -0.2) is 0 Å². The van der Waals surface area contributed by atoms with Crippen molar-refractivity contribution in [2.45, 2.75) is 65.5 Å². The molecule has 2 fully saturated rings. The second-order valence-corrected chi connectivity index (χ2v) is 7.52. The summed E-state index contributed by atoms with van der Waals surface area (Å²) in [5.41, 5.74) is 0. The Morgan fingerprint density at radius 1 is 0.857 bits per heavy atom. The van der Waals surface area contributed by atoms with Crippen molar-refractivity contribution in [3.8, 4) is 0 Å². The van der Waals surface area contributed by atoms with Crippen LogP contribution < -0.4 is 0 Å². The number of hydrogen-bond donors (Lipinski definition) is 0. The van der Waals surface area contributed by atoms with Crippen molar-refractivity contribution in [2.75, 3.05) is 45.8 Å². The average Bonchev–Trinajstić information content (AvgIpc) is 2.73. The fraction of sp³-hybridized carbons (Fsp3) is 1.00. The van der Waals surface area contributed by atoms with Crippen molar-refractivity contribution in [1.29, 1.82) is 0 Å². The van der Waals surface area contributed by atoms with Crippen LogP contribution in [-0.2, 0) is 0 Å². The molecule has 0 spiro atoms. The summed E-state index contributed by atoms with van der Waals surface area (Å²) in [6, 6.07) is 1.49. The highest BCUT2D eigenvalue weighted by Gasteiger charge is 2.24. The predicted molar refractivity (Wildman–Crippen MR) is 91.8 cm³/mol. The molecule has 3 nitrogen and oxygen atoms in total. The first kappa shape index (κ1) is 17.2. The second kappa shape index (κ2) is 8.50. The molecule has 3 heteroatoms. The molecule has 124 valence electrons. The predicted octanol–water partition coefficient (Wildman–Crippen LogP) is 2.91. The topological polar surface area (TPSA) is 9.72 Å². The molecule has 0 bridgehead atoms. The van der Waals surface area contributed by atoms with Gasteiger partial charge in [0.05, 0.1) is 0 Å². The van der Waals surface area contributed by atoms with E-state index in [9.17, 15) is 0 Å². The van der Waals surface area contributed by atoms with Crippen molar-refractivity contribution in [1.82, 2.24) is 14.7 Å².